The van der Waals surface area contributed by atoms with Crippen LogP contribution < -0.4 is 10.5 Å². The Hall–Kier alpha value is -4.42. The minimum Gasteiger partial charge on any atom is -0.483 e. The highest BCUT2D eigenvalue weighted by molar-refractivity contribution is 5.86. The van der Waals surface area contributed by atoms with E-state index in [9.17, 15) is 22.8 Å². The van der Waals surface area contributed by atoms with E-state index in [2.05, 4.69) is 15.2 Å². The molecule has 0 saturated carbocycles. The summed E-state index contributed by atoms with van der Waals surface area (Å²) >= 11 is 0. The summed E-state index contributed by atoms with van der Waals surface area (Å²) in [5.41, 5.74) is 6.80. The number of urea groups is 1. The topological polar surface area (TPSA) is 119 Å². The van der Waals surface area contributed by atoms with Crippen LogP contribution in [-0.4, -0.2) is 62.0 Å². The highest BCUT2D eigenvalue weighted by Crippen LogP contribution is 2.33. The first kappa shape index (κ1) is 27.2. The third kappa shape index (κ3) is 4.75. The van der Waals surface area contributed by atoms with Crippen LogP contribution >= 0.6 is 0 Å². The van der Waals surface area contributed by atoms with Gasteiger partial charge in [0.2, 0.25) is 5.91 Å². The fourth-order valence-corrected chi connectivity index (χ4v) is 5.15. The maximum atomic E-state index is 14.6. The van der Waals surface area contributed by atoms with E-state index in [1.54, 1.807) is 27.7 Å². The van der Waals surface area contributed by atoms with Gasteiger partial charge in [-0.15, -0.1) is 0 Å². The van der Waals surface area contributed by atoms with Crippen LogP contribution in [0.15, 0.2) is 35.6 Å². The number of carbonyl (C=O) groups excluding carboxylic acids is 2. The molecule has 2 aliphatic rings. The van der Waals surface area contributed by atoms with Gasteiger partial charge in [0.1, 0.15) is 17.7 Å². The van der Waals surface area contributed by atoms with Crippen molar-refractivity contribution >= 4 is 18.2 Å². The first-order valence-electron chi connectivity index (χ1n) is 12.6. The second-order valence-corrected chi connectivity index (χ2v) is 10.4. The molecule has 40 heavy (non-hydrogen) atoms. The minimum atomic E-state index is -0.977. The lowest BCUT2D eigenvalue weighted by Crippen LogP contribution is -2.58. The molecule has 0 aliphatic carbocycles. The number of rotatable bonds is 6. The highest BCUT2D eigenvalue weighted by atomic mass is 19.1. The van der Waals surface area contributed by atoms with Crippen LogP contribution in [0.25, 0.3) is 5.82 Å². The highest BCUT2D eigenvalue weighted by Gasteiger charge is 2.39. The van der Waals surface area contributed by atoms with E-state index in [0.717, 1.165) is 12.3 Å². The number of hydrogen-bond donors (Lipinski definition) is 1. The number of aryl methyl sites for hydroxylation is 1. The molecule has 1 aromatic carbocycles. The predicted octanol–water partition coefficient (Wildman–Crippen LogP) is 3.68. The van der Waals surface area contributed by atoms with E-state index in [-0.39, 0.29) is 24.7 Å². The van der Waals surface area contributed by atoms with Gasteiger partial charge >= 0.3 is 6.03 Å². The van der Waals surface area contributed by atoms with Crippen molar-refractivity contribution in [3.63, 3.8) is 0 Å². The van der Waals surface area contributed by atoms with Crippen LogP contribution in [0, 0.1) is 31.3 Å². The van der Waals surface area contributed by atoms with Crippen molar-refractivity contribution in [3.8, 4) is 11.6 Å². The number of hydrazone groups is 1. The summed E-state index contributed by atoms with van der Waals surface area (Å²) in [5.74, 6) is -2.46. The number of halogens is 3. The van der Waals surface area contributed by atoms with Crippen molar-refractivity contribution in [2.75, 3.05) is 13.1 Å². The van der Waals surface area contributed by atoms with Gasteiger partial charge in [-0.3, -0.25) is 4.79 Å². The summed E-state index contributed by atoms with van der Waals surface area (Å²) < 4.78 is 49.4. The molecule has 3 amide bonds. The van der Waals surface area contributed by atoms with Crippen molar-refractivity contribution in [1.29, 1.82) is 0 Å². The van der Waals surface area contributed by atoms with E-state index in [1.807, 2.05) is 0 Å². The fourth-order valence-electron chi connectivity index (χ4n) is 5.15. The maximum Gasteiger partial charge on any atom is 0.341 e. The van der Waals surface area contributed by atoms with Gasteiger partial charge < -0.3 is 15.4 Å². The Morgan fingerprint density at radius 1 is 1.07 bits per heavy atom. The number of primary amides is 1. The van der Waals surface area contributed by atoms with Gasteiger partial charge in [0.05, 0.1) is 36.4 Å². The zero-order chi connectivity index (χ0) is 28.9. The van der Waals surface area contributed by atoms with Crippen molar-refractivity contribution in [2.24, 2.45) is 10.8 Å². The standard InChI is InChI=1S/C27H28F3N7O3/c1-14-24(27(3,4)25(31)38)15(2)36(34-14)23-10-22(20(30)11-32-23)40-19-12-35(13-19)26(39)37-21(5-6-33-37)16-7-17(28)9-18(29)8-16/h6-11,19,21H,5,12-13H2,1-4H3,(H2,31,38). The van der Waals surface area contributed by atoms with Crippen LogP contribution in [0.4, 0.5) is 18.0 Å². The molecule has 13 heteroatoms. The fraction of sp³-hybridized carbons (Fsp3) is 0.370. The van der Waals surface area contributed by atoms with Gasteiger partial charge in [0.15, 0.2) is 17.4 Å². The molecule has 1 saturated heterocycles. The monoisotopic (exact) mass is 555 g/mol. The van der Waals surface area contributed by atoms with Gasteiger partial charge in [-0.25, -0.2) is 32.6 Å². The number of aromatic nitrogens is 3. The number of amides is 3. The molecule has 2 N–H and O–H groups in total. The van der Waals surface area contributed by atoms with E-state index >= 15 is 0 Å². The molecule has 3 aromatic rings. The Morgan fingerprint density at radius 3 is 2.40 bits per heavy atom. The van der Waals surface area contributed by atoms with Crippen LogP contribution in [0.5, 0.6) is 5.75 Å². The van der Waals surface area contributed by atoms with Gasteiger partial charge in [0.25, 0.3) is 0 Å². The van der Waals surface area contributed by atoms with Crippen molar-refractivity contribution in [1.82, 2.24) is 24.7 Å². The average molecular weight is 556 g/mol. The number of hydrogen-bond acceptors (Lipinski definition) is 6. The van der Waals surface area contributed by atoms with Crippen LogP contribution in [0.1, 0.15) is 48.8 Å². The van der Waals surface area contributed by atoms with E-state index in [0.29, 0.717) is 28.9 Å². The smallest absolute Gasteiger partial charge is 0.341 e. The third-order valence-electron chi connectivity index (χ3n) is 7.26. The lowest BCUT2D eigenvalue weighted by molar-refractivity contribution is -0.122. The largest absolute Gasteiger partial charge is 0.483 e. The SMILES string of the molecule is Cc1nn(-c2cc(OC3CN(C(=O)N4N=CCC4c4cc(F)cc(F)c4)C3)c(F)cn2)c(C)c1C(C)(C)C(N)=O. The molecule has 1 atom stereocenters. The Balaban J connectivity index is 1.28. The molecule has 1 unspecified atom stereocenters. The average Bonchev–Trinajstić information content (AvgIpc) is 3.45. The summed E-state index contributed by atoms with van der Waals surface area (Å²) in [6.07, 6.45) is 2.35. The minimum absolute atomic E-state index is 0.0716. The first-order chi connectivity index (χ1) is 18.9. The van der Waals surface area contributed by atoms with Crippen molar-refractivity contribution < 1.29 is 27.5 Å². The van der Waals surface area contributed by atoms with Crippen molar-refractivity contribution in [3.05, 3.63) is 70.4 Å². The molecule has 10 nitrogen and oxygen atoms in total. The van der Waals surface area contributed by atoms with Crippen molar-refractivity contribution in [2.45, 2.75) is 51.7 Å². The second kappa shape index (κ2) is 9.96. The Bertz CT molecular complexity index is 1510. The third-order valence-corrected chi connectivity index (χ3v) is 7.26. The predicted molar refractivity (Wildman–Crippen MR) is 138 cm³/mol. The summed E-state index contributed by atoms with van der Waals surface area (Å²) in [6, 6.07) is 3.43. The molecule has 0 radical (unpaired) electrons. The lowest BCUT2D eigenvalue weighted by Gasteiger charge is -2.41. The first-order valence-corrected chi connectivity index (χ1v) is 12.6. The molecular formula is C27H28F3N7O3. The summed E-state index contributed by atoms with van der Waals surface area (Å²) in [6.45, 7) is 7.25. The maximum absolute atomic E-state index is 14.6. The zero-order valence-electron chi connectivity index (χ0n) is 22.4. The van der Waals surface area contributed by atoms with E-state index < -0.39 is 47.0 Å². The lowest BCUT2D eigenvalue weighted by atomic mass is 9.82. The van der Waals surface area contributed by atoms with E-state index in [4.69, 9.17) is 10.5 Å². The summed E-state index contributed by atoms with van der Waals surface area (Å²) in [5, 5.41) is 9.76. The summed E-state index contributed by atoms with van der Waals surface area (Å²) in [4.78, 5) is 30.7. The molecule has 4 heterocycles. The Kier molecular flexibility index (Phi) is 6.76. The summed E-state index contributed by atoms with van der Waals surface area (Å²) in [7, 11) is 0. The molecule has 5 rings (SSSR count). The zero-order valence-corrected chi connectivity index (χ0v) is 22.4. The second-order valence-electron chi connectivity index (χ2n) is 10.4. The van der Waals surface area contributed by atoms with E-state index in [1.165, 1.54) is 39.0 Å². The molecule has 1 fully saturated rings. The van der Waals surface area contributed by atoms with Crippen LogP contribution in [0.3, 0.4) is 0 Å². The van der Waals surface area contributed by atoms with Crippen LogP contribution in [0.2, 0.25) is 0 Å². The van der Waals surface area contributed by atoms with Crippen LogP contribution in [-0.2, 0) is 10.2 Å². The Labute approximate surface area is 228 Å². The van der Waals surface area contributed by atoms with Gasteiger partial charge in [-0.1, -0.05) is 0 Å². The molecule has 2 aliphatic heterocycles. The molecule has 2 aromatic heterocycles. The molecule has 210 valence electrons. The number of nitrogens with zero attached hydrogens (tertiary/aromatic N) is 6. The number of benzene rings is 1. The number of likely N-dealkylation sites (tertiary alicyclic amines) is 1. The van der Waals surface area contributed by atoms with Gasteiger partial charge in [0, 0.05) is 36.0 Å². The quantitative estimate of drug-likeness (QED) is 0.498. The van der Waals surface area contributed by atoms with Gasteiger partial charge in [-0.2, -0.15) is 10.2 Å². The molecule has 0 spiro atoms. The van der Waals surface area contributed by atoms with Gasteiger partial charge in [-0.05, 0) is 45.4 Å². The normalized spacial score (nSPS) is 17.3. The Morgan fingerprint density at radius 2 is 1.75 bits per heavy atom. The number of nitrogens with two attached hydrogens (primary N) is 1. The molecule has 0 bridgehead atoms. The number of carbonyl (C=O) groups is 2. The number of ether oxygens (including phenoxy) is 1. The number of pyridine rings is 1. The molecular weight excluding hydrogens is 527 g/mol.